The summed E-state index contributed by atoms with van der Waals surface area (Å²) >= 11 is 0. The first-order valence-corrected chi connectivity index (χ1v) is 17.0. The molecule has 10 nitrogen and oxygen atoms in total. The summed E-state index contributed by atoms with van der Waals surface area (Å²) in [5.74, 6) is -0.195. The van der Waals surface area contributed by atoms with Gasteiger partial charge in [0.25, 0.3) is 0 Å². The Morgan fingerprint density at radius 1 is 1.14 bits per heavy atom. The molecule has 1 aromatic heterocycles. The molecule has 3 rings (SSSR count). The monoisotopic (exact) mass is 550 g/mol. The summed E-state index contributed by atoms with van der Waals surface area (Å²) in [7, 11) is -5.77. The minimum atomic E-state index is -2.99. The van der Waals surface area contributed by atoms with E-state index in [1.165, 1.54) is 23.8 Å². The van der Waals surface area contributed by atoms with Crippen LogP contribution < -0.4 is 11.0 Å². The zero-order valence-electron chi connectivity index (χ0n) is 23.7. The Labute approximate surface area is 222 Å². The molecule has 2 saturated heterocycles. The molecule has 1 amide bonds. The number of hydrogen-bond donors (Lipinski definition) is 1. The van der Waals surface area contributed by atoms with E-state index in [1.807, 2.05) is 0 Å². The Balaban J connectivity index is 2.14. The summed E-state index contributed by atoms with van der Waals surface area (Å²) in [5, 5.41) is 13.0. The Morgan fingerprint density at radius 3 is 2.16 bits per heavy atom. The van der Waals surface area contributed by atoms with E-state index < -0.39 is 46.7 Å². The molecular weight excluding hydrogens is 508 g/mol. The molecule has 37 heavy (non-hydrogen) atoms. The highest BCUT2D eigenvalue weighted by molar-refractivity contribution is 6.84. The topological polar surface area (TPSA) is 125 Å². The summed E-state index contributed by atoms with van der Waals surface area (Å²) in [6.45, 7) is 20.4. The fraction of sp³-hybridized carbons (Fsp3) is 0.760. The third kappa shape index (κ3) is 5.09. The van der Waals surface area contributed by atoms with Gasteiger partial charge in [0.05, 0.1) is 18.8 Å². The standard InChI is InChI=1S/C25H42N4O6Si2/c1-15(2)36(16(3)4)32-13-20-22(34-37(35-36,17(5)6)18(7)8)25(10,14-26)23(33-20)29-12-11-21(27-19(9)30)28-24(29)31/h11-12,15-18,20,22-23H,13H2,1-10H3,(H,27,28,30,31)/t20-,22-,23-,25-/m1/s1. The molecule has 2 fully saturated rings. The number of nitrogens with one attached hydrogen (secondary N) is 1. The molecule has 0 spiro atoms. The highest BCUT2D eigenvalue weighted by Gasteiger charge is 2.65. The predicted molar refractivity (Wildman–Crippen MR) is 144 cm³/mol. The molecule has 0 aliphatic carbocycles. The van der Waals surface area contributed by atoms with E-state index in [9.17, 15) is 14.9 Å². The zero-order valence-corrected chi connectivity index (χ0v) is 25.7. The van der Waals surface area contributed by atoms with Gasteiger partial charge in [-0.3, -0.25) is 9.36 Å². The van der Waals surface area contributed by atoms with Gasteiger partial charge < -0.3 is 23.0 Å². The second-order valence-corrected chi connectivity index (χ2v) is 20.5. The van der Waals surface area contributed by atoms with Gasteiger partial charge >= 0.3 is 22.8 Å². The molecule has 0 saturated carbocycles. The minimum Gasteiger partial charge on any atom is -0.414 e. The maximum absolute atomic E-state index is 13.0. The summed E-state index contributed by atoms with van der Waals surface area (Å²) in [4.78, 5) is 28.4. The van der Waals surface area contributed by atoms with E-state index in [0.29, 0.717) is 0 Å². The second kappa shape index (κ2) is 10.7. The third-order valence-electron chi connectivity index (χ3n) is 7.70. The van der Waals surface area contributed by atoms with Gasteiger partial charge in [0.15, 0.2) is 6.23 Å². The first-order chi connectivity index (χ1) is 17.1. The Hall–Kier alpha value is -1.89. The molecule has 1 aromatic rings. The largest absolute Gasteiger partial charge is 0.414 e. The fourth-order valence-corrected chi connectivity index (χ4v) is 17.0. The van der Waals surface area contributed by atoms with E-state index in [0.717, 1.165) is 0 Å². The number of hydrogen-bond acceptors (Lipinski definition) is 8. The lowest BCUT2D eigenvalue weighted by Crippen LogP contribution is -2.66. The molecule has 0 unspecified atom stereocenters. The third-order valence-corrected chi connectivity index (χ3v) is 17.9. The van der Waals surface area contributed by atoms with Crippen molar-refractivity contribution in [2.45, 2.75) is 110 Å². The van der Waals surface area contributed by atoms with Crippen molar-refractivity contribution in [3.63, 3.8) is 0 Å². The van der Waals surface area contributed by atoms with Gasteiger partial charge in [-0.1, -0.05) is 55.4 Å². The van der Waals surface area contributed by atoms with Gasteiger partial charge in [-0.2, -0.15) is 10.2 Å². The van der Waals surface area contributed by atoms with E-state index >= 15 is 0 Å². The Bertz CT molecular complexity index is 1090. The lowest BCUT2D eigenvalue weighted by molar-refractivity contribution is -0.114. The summed E-state index contributed by atoms with van der Waals surface area (Å²) in [6.07, 6.45) is -0.712. The molecule has 0 bridgehead atoms. The number of rotatable bonds is 6. The van der Waals surface area contributed by atoms with Crippen molar-refractivity contribution in [3.8, 4) is 6.07 Å². The minimum absolute atomic E-state index is 0.0857. The van der Waals surface area contributed by atoms with Crippen LogP contribution >= 0.6 is 0 Å². The second-order valence-electron chi connectivity index (χ2n) is 11.6. The Kier molecular flexibility index (Phi) is 8.58. The number of anilines is 1. The maximum atomic E-state index is 13.0. The lowest BCUT2D eigenvalue weighted by Gasteiger charge is -2.52. The number of carbonyl (C=O) groups is 1. The van der Waals surface area contributed by atoms with Crippen molar-refractivity contribution in [1.29, 1.82) is 5.26 Å². The number of aromatic nitrogens is 2. The summed E-state index contributed by atoms with van der Waals surface area (Å²) in [6, 6.07) is 3.92. The van der Waals surface area contributed by atoms with Crippen molar-refractivity contribution in [2.24, 2.45) is 5.41 Å². The summed E-state index contributed by atoms with van der Waals surface area (Å²) < 4.78 is 28.8. The molecule has 0 radical (unpaired) electrons. The molecule has 12 heteroatoms. The van der Waals surface area contributed by atoms with Gasteiger partial charge in [0.1, 0.15) is 17.3 Å². The van der Waals surface area contributed by atoms with Gasteiger partial charge in [0, 0.05) is 13.1 Å². The van der Waals surface area contributed by atoms with Crippen LogP contribution in [-0.4, -0.2) is 51.4 Å². The molecule has 2 aliphatic rings. The van der Waals surface area contributed by atoms with Crippen molar-refractivity contribution >= 4 is 28.8 Å². The molecular formula is C25H42N4O6Si2. The molecule has 206 valence electrons. The number of carbonyl (C=O) groups excluding carboxylic acids is 1. The fourth-order valence-electron chi connectivity index (χ4n) is 5.67. The van der Waals surface area contributed by atoms with Crippen LogP contribution in [0.25, 0.3) is 0 Å². The number of nitriles is 1. The van der Waals surface area contributed by atoms with E-state index in [-0.39, 0.29) is 40.5 Å². The van der Waals surface area contributed by atoms with Crippen LogP contribution in [0.5, 0.6) is 0 Å². The van der Waals surface area contributed by atoms with E-state index in [4.69, 9.17) is 17.7 Å². The van der Waals surface area contributed by atoms with Gasteiger partial charge in [-0.25, -0.2) is 4.79 Å². The van der Waals surface area contributed by atoms with Gasteiger partial charge in [-0.15, -0.1) is 0 Å². The zero-order chi connectivity index (χ0) is 27.9. The Morgan fingerprint density at radius 2 is 1.70 bits per heavy atom. The van der Waals surface area contributed by atoms with Gasteiger partial charge in [-0.05, 0) is 35.2 Å². The van der Waals surface area contributed by atoms with Crippen LogP contribution in [0.3, 0.4) is 0 Å². The van der Waals surface area contributed by atoms with E-state index in [2.05, 4.69) is 71.8 Å². The average molecular weight is 551 g/mol. The first-order valence-electron chi connectivity index (χ1n) is 13.1. The van der Waals surface area contributed by atoms with Crippen LogP contribution in [0, 0.1) is 16.7 Å². The normalized spacial score (nSPS) is 29.2. The number of ether oxygens (including phenoxy) is 1. The quantitative estimate of drug-likeness (QED) is 0.510. The van der Waals surface area contributed by atoms with Crippen LogP contribution in [0.15, 0.2) is 17.1 Å². The number of amides is 1. The molecule has 3 heterocycles. The number of nitrogens with zero attached hydrogens (tertiary/aromatic N) is 3. The van der Waals surface area contributed by atoms with Crippen molar-refractivity contribution in [3.05, 3.63) is 22.7 Å². The van der Waals surface area contributed by atoms with Crippen molar-refractivity contribution in [2.75, 3.05) is 11.9 Å². The average Bonchev–Trinajstić information content (AvgIpc) is 3.04. The molecule has 0 aromatic carbocycles. The van der Waals surface area contributed by atoms with Crippen LogP contribution in [0.2, 0.25) is 22.2 Å². The van der Waals surface area contributed by atoms with Crippen LogP contribution in [0.1, 0.15) is 75.5 Å². The van der Waals surface area contributed by atoms with E-state index in [1.54, 1.807) is 6.92 Å². The molecule has 1 N–H and O–H groups in total. The van der Waals surface area contributed by atoms with Gasteiger partial charge in [0.2, 0.25) is 5.91 Å². The smallest absolute Gasteiger partial charge is 0.351 e. The molecule has 4 atom stereocenters. The van der Waals surface area contributed by atoms with Crippen LogP contribution in [-0.2, 0) is 22.5 Å². The number of fused-ring (bicyclic) bond motifs is 1. The lowest BCUT2D eigenvalue weighted by atomic mass is 9.84. The summed E-state index contributed by atoms with van der Waals surface area (Å²) in [5.41, 5.74) is -1.34. The maximum Gasteiger partial charge on any atom is 0.351 e. The SMILES string of the molecule is CC(=O)Nc1ccn([C@@H]2O[C@@H]3CO[Si](C(C)C)(C(C)C)O[Si](C(C)C)(C(C)C)O[C@H]3[C@@]2(C)C#N)c(=O)n1. The van der Waals surface area contributed by atoms with Crippen molar-refractivity contribution in [1.82, 2.24) is 9.55 Å². The predicted octanol–water partition coefficient (Wildman–Crippen LogP) is 4.59. The highest BCUT2D eigenvalue weighted by Crippen LogP contribution is 2.53. The molecule has 2 aliphatic heterocycles. The van der Waals surface area contributed by atoms with Crippen molar-refractivity contribution < 1.29 is 22.5 Å². The first kappa shape index (κ1) is 29.7. The van der Waals surface area contributed by atoms with Crippen LogP contribution in [0.4, 0.5) is 5.82 Å². The highest BCUT2D eigenvalue weighted by atomic mass is 28.5.